The summed E-state index contributed by atoms with van der Waals surface area (Å²) in [5.41, 5.74) is 1.83. The highest BCUT2D eigenvalue weighted by Gasteiger charge is 2.23. The highest BCUT2D eigenvalue weighted by molar-refractivity contribution is 5.32. The van der Waals surface area contributed by atoms with Gasteiger partial charge in [0.2, 0.25) is 0 Å². The molecule has 82 valence electrons. The number of hydrogen-bond acceptors (Lipinski definition) is 2. The maximum absolute atomic E-state index is 13.6. The topological polar surface area (TPSA) is 21.3 Å². The Morgan fingerprint density at radius 3 is 3.20 bits per heavy atom. The second kappa shape index (κ2) is 4.73. The van der Waals surface area contributed by atoms with E-state index >= 15 is 0 Å². The van der Waals surface area contributed by atoms with Crippen LogP contribution < -0.4 is 5.32 Å². The molecule has 2 rings (SSSR count). The van der Waals surface area contributed by atoms with Gasteiger partial charge in [0.1, 0.15) is 5.82 Å². The molecule has 0 bridgehead atoms. The van der Waals surface area contributed by atoms with Gasteiger partial charge in [-0.15, -0.1) is 0 Å². The van der Waals surface area contributed by atoms with Gasteiger partial charge in [-0.1, -0.05) is 19.1 Å². The standard InChI is InChI=1S/C12H16FNO/c1-2-14-8-11-12-9(6-7-15-11)4-3-5-10(12)13/h3-5,11,14H,2,6-8H2,1H3/t11-/m1/s1. The largest absolute Gasteiger partial charge is 0.372 e. The lowest BCUT2D eigenvalue weighted by Crippen LogP contribution is -2.28. The summed E-state index contributed by atoms with van der Waals surface area (Å²) >= 11 is 0. The van der Waals surface area contributed by atoms with Gasteiger partial charge in [-0.2, -0.15) is 0 Å². The third-order valence-electron chi connectivity index (χ3n) is 2.74. The number of ether oxygens (including phenoxy) is 1. The van der Waals surface area contributed by atoms with Crippen LogP contribution in [0.4, 0.5) is 4.39 Å². The van der Waals surface area contributed by atoms with E-state index in [0.717, 1.165) is 24.1 Å². The summed E-state index contributed by atoms with van der Waals surface area (Å²) in [5.74, 6) is -0.143. The van der Waals surface area contributed by atoms with Crippen LogP contribution in [0.5, 0.6) is 0 Å². The van der Waals surface area contributed by atoms with Crippen LogP contribution in [-0.4, -0.2) is 19.7 Å². The zero-order chi connectivity index (χ0) is 10.7. The summed E-state index contributed by atoms with van der Waals surface area (Å²) in [6.45, 7) is 4.28. The van der Waals surface area contributed by atoms with E-state index < -0.39 is 0 Å². The molecule has 1 heterocycles. The Labute approximate surface area is 89.4 Å². The average molecular weight is 209 g/mol. The second-order valence-electron chi connectivity index (χ2n) is 3.73. The van der Waals surface area contributed by atoms with Crippen molar-refractivity contribution in [1.82, 2.24) is 5.32 Å². The van der Waals surface area contributed by atoms with Crippen LogP contribution in [-0.2, 0) is 11.2 Å². The van der Waals surface area contributed by atoms with Crippen molar-refractivity contribution in [3.8, 4) is 0 Å². The Balaban J connectivity index is 2.24. The summed E-state index contributed by atoms with van der Waals surface area (Å²) in [7, 11) is 0. The third-order valence-corrected chi connectivity index (χ3v) is 2.74. The van der Waals surface area contributed by atoms with Gasteiger partial charge in [0.25, 0.3) is 0 Å². The smallest absolute Gasteiger partial charge is 0.129 e. The van der Waals surface area contributed by atoms with Crippen LogP contribution in [0, 0.1) is 5.82 Å². The van der Waals surface area contributed by atoms with Crippen molar-refractivity contribution in [3.05, 3.63) is 35.1 Å². The lowest BCUT2D eigenvalue weighted by Gasteiger charge is -2.26. The van der Waals surface area contributed by atoms with E-state index in [-0.39, 0.29) is 11.9 Å². The van der Waals surface area contributed by atoms with Crippen molar-refractivity contribution < 1.29 is 9.13 Å². The number of fused-ring (bicyclic) bond motifs is 1. The Morgan fingerprint density at radius 2 is 2.40 bits per heavy atom. The molecule has 0 saturated heterocycles. The van der Waals surface area contributed by atoms with Crippen molar-refractivity contribution >= 4 is 0 Å². The molecule has 0 radical (unpaired) electrons. The fourth-order valence-electron chi connectivity index (χ4n) is 1.99. The molecule has 1 aromatic rings. The van der Waals surface area contributed by atoms with E-state index in [1.54, 1.807) is 6.07 Å². The van der Waals surface area contributed by atoms with E-state index in [1.807, 2.05) is 13.0 Å². The highest BCUT2D eigenvalue weighted by atomic mass is 19.1. The predicted octanol–water partition coefficient (Wildman–Crippen LogP) is 2.05. The molecule has 1 aliphatic rings. The van der Waals surface area contributed by atoms with Crippen molar-refractivity contribution in [2.24, 2.45) is 0 Å². The fraction of sp³-hybridized carbons (Fsp3) is 0.500. The summed E-state index contributed by atoms with van der Waals surface area (Å²) < 4.78 is 19.2. The van der Waals surface area contributed by atoms with E-state index in [0.29, 0.717) is 13.2 Å². The summed E-state index contributed by atoms with van der Waals surface area (Å²) in [5, 5.41) is 3.19. The van der Waals surface area contributed by atoms with Crippen LogP contribution in [0.2, 0.25) is 0 Å². The number of halogens is 1. The van der Waals surface area contributed by atoms with Gasteiger partial charge < -0.3 is 10.1 Å². The van der Waals surface area contributed by atoms with Gasteiger partial charge in [0, 0.05) is 12.1 Å². The van der Waals surface area contributed by atoms with Crippen molar-refractivity contribution in [1.29, 1.82) is 0 Å². The zero-order valence-electron chi connectivity index (χ0n) is 8.92. The minimum absolute atomic E-state index is 0.130. The minimum atomic E-state index is -0.143. The molecule has 0 spiro atoms. The van der Waals surface area contributed by atoms with Gasteiger partial charge in [-0.3, -0.25) is 0 Å². The number of hydrogen-bond donors (Lipinski definition) is 1. The van der Waals surface area contributed by atoms with Crippen LogP contribution in [0.25, 0.3) is 0 Å². The van der Waals surface area contributed by atoms with Gasteiger partial charge >= 0.3 is 0 Å². The third kappa shape index (κ3) is 2.19. The molecule has 15 heavy (non-hydrogen) atoms. The summed E-state index contributed by atoms with van der Waals surface area (Å²) in [6.07, 6.45) is 0.685. The quantitative estimate of drug-likeness (QED) is 0.822. The zero-order valence-corrected chi connectivity index (χ0v) is 8.92. The van der Waals surface area contributed by atoms with E-state index in [1.165, 1.54) is 6.07 Å². The lowest BCUT2D eigenvalue weighted by molar-refractivity contribution is 0.0401. The first-order chi connectivity index (χ1) is 7.33. The van der Waals surface area contributed by atoms with Crippen molar-refractivity contribution in [2.75, 3.05) is 19.7 Å². The number of rotatable bonds is 3. The molecule has 0 unspecified atom stereocenters. The van der Waals surface area contributed by atoms with Crippen LogP contribution >= 0.6 is 0 Å². The van der Waals surface area contributed by atoms with E-state index in [9.17, 15) is 4.39 Å². The van der Waals surface area contributed by atoms with Crippen LogP contribution in [0.3, 0.4) is 0 Å². The monoisotopic (exact) mass is 209 g/mol. The summed E-state index contributed by atoms with van der Waals surface area (Å²) in [4.78, 5) is 0. The molecule has 1 aromatic carbocycles. The van der Waals surface area contributed by atoms with Gasteiger partial charge in [0.05, 0.1) is 12.7 Å². The van der Waals surface area contributed by atoms with Crippen LogP contribution in [0.1, 0.15) is 24.2 Å². The Morgan fingerprint density at radius 1 is 1.53 bits per heavy atom. The number of benzene rings is 1. The summed E-state index contributed by atoms with van der Waals surface area (Å²) in [6, 6.07) is 5.26. The Bertz CT molecular complexity index is 340. The highest BCUT2D eigenvalue weighted by Crippen LogP contribution is 2.28. The Hall–Kier alpha value is -0.930. The normalized spacial score (nSPS) is 20.0. The maximum Gasteiger partial charge on any atom is 0.129 e. The minimum Gasteiger partial charge on any atom is -0.372 e. The van der Waals surface area contributed by atoms with Crippen LogP contribution in [0.15, 0.2) is 18.2 Å². The molecule has 0 fully saturated rings. The molecule has 1 aliphatic heterocycles. The first-order valence-corrected chi connectivity index (χ1v) is 5.42. The average Bonchev–Trinajstić information content (AvgIpc) is 2.26. The predicted molar refractivity (Wildman–Crippen MR) is 57.3 cm³/mol. The van der Waals surface area contributed by atoms with Gasteiger partial charge in [-0.25, -0.2) is 4.39 Å². The molecule has 3 heteroatoms. The lowest BCUT2D eigenvalue weighted by atomic mass is 9.97. The number of nitrogens with one attached hydrogen (secondary N) is 1. The molecule has 1 N–H and O–H groups in total. The fourth-order valence-corrected chi connectivity index (χ4v) is 1.99. The van der Waals surface area contributed by atoms with Crippen molar-refractivity contribution in [3.63, 3.8) is 0 Å². The van der Waals surface area contributed by atoms with E-state index in [4.69, 9.17) is 4.74 Å². The molecule has 1 atom stereocenters. The number of likely N-dealkylation sites (N-methyl/N-ethyl adjacent to an activating group) is 1. The first-order valence-electron chi connectivity index (χ1n) is 5.42. The SMILES string of the molecule is CCNC[C@H]1OCCc2cccc(F)c21. The van der Waals surface area contributed by atoms with E-state index in [2.05, 4.69) is 5.32 Å². The second-order valence-corrected chi connectivity index (χ2v) is 3.73. The van der Waals surface area contributed by atoms with Crippen molar-refractivity contribution in [2.45, 2.75) is 19.4 Å². The molecular formula is C12H16FNO. The molecule has 2 nitrogen and oxygen atoms in total. The molecule has 0 saturated carbocycles. The first kappa shape index (κ1) is 10.6. The maximum atomic E-state index is 13.6. The molecule has 0 aromatic heterocycles. The van der Waals surface area contributed by atoms with Gasteiger partial charge in [-0.05, 0) is 24.6 Å². The Kier molecular flexibility index (Phi) is 3.34. The molecule has 0 aliphatic carbocycles. The molecule has 0 amide bonds. The molecular weight excluding hydrogens is 193 g/mol. The van der Waals surface area contributed by atoms with Gasteiger partial charge in [0.15, 0.2) is 0 Å².